The van der Waals surface area contributed by atoms with Gasteiger partial charge in [-0.3, -0.25) is 4.98 Å². The van der Waals surface area contributed by atoms with Crippen LogP contribution in [0.1, 0.15) is 5.76 Å². The van der Waals surface area contributed by atoms with Crippen molar-refractivity contribution in [2.24, 2.45) is 0 Å². The molecule has 0 spiro atoms. The van der Waals surface area contributed by atoms with Crippen molar-refractivity contribution in [1.29, 1.82) is 0 Å². The third kappa shape index (κ3) is 2.18. The molecule has 0 fully saturated rings. The Bertz CT molecular complexity index is 664. The first-order valence-corrected chi connectivity index (χ1v) is 5.52. The van der Waals surface area contributed by atoms with E-state index in [2.05, 4.69) is 4.98 Å². The lowest BCUT2D eigenvalue weighted by atomic mass is 10.2. The van der Waals surface area contributed by atoms with Crippen LogP contribution in [0.3, 0.4) is 0 Å². The zero-order valence-corrected chi connectivity index (χ0v) is 9.47. The van der Waals surface area contributed by atoms with E-state index < -0.39 is 0 Å². The Balaban J connectivity index is 1.79. The lowest BCUT2D eigenvalue weighted by molar-refractivity contribution is 0.273. The number of hydrogen-bond acceptors (Lipinski definition) is 3. The zero-order chi connectivity index (χ0) is 12.4. The molecule has 0 unspecified atom stereocenters. The third-order valence-electron chi connectivity index (χ3n) is 2.54. The van der Waals surface area contributed by atoms with Crippen LogP contribution < -0.4 is 4.74 Å². The second kappa shape index (κ2) is 4.49. The molecular weight excluding hydrogens is 233 g/mol. The molecule has 0 saturated heterocycles. The normalized spacial score (nSPS) is 10.7. The average molecular weight is 243 g/mol. The minimum absolute atomic E-state index is 0.275. The van der Waals surface area contributed by atoms with Gasteiger partial charge in [0.25, 0.3) is 0 Å². The molecule has 0 aliphatic rings. The topological polar surface area (TPSA) is 35.3 Å². The Morgan fingerprint density at radius 3 is 3.00 bits per heavy atom. The van der Waals surface area contributed by atoms with Crippen LogP contribution in [0, 0.1) is 5.82 Å². The van der Waals surface area contributed by atoms with Gasteiger partial charge in [0, 0.05) is 11.6 Å². The Hall–Kier alpha value is -2.36. The molecular formula is C14H10FNO2. The van der Waals surface area contributed by atoms with Crippen LogP contribution in [0.2, 0.25) is 0 Å². The highest BCUT2D eigenvalue weighted by Crippen LogP contribution is 2.21. The molecule has 2 aromatic heterocycles. The molecule has 0 bridgehead atoms. The lowest BCUT2D eigenvalue weighted by Gasteiger charge is -2.01. The summed E-state index contributed by atoms with van der Waals surface area (Å²) in [6.45, 7) is 0.294. The zero-order valence-electron chi connectivity index (χ0n) is 9.47. The Morgan fingerprint density at radius 2 is 2.17 bits per heavy atom. The van der Waals surface area contributed by atoms with Crippen LogP contribution in [0.5, 0.6) is 5.75 Å². The SMILES string of the molecule is Fc1ccc2oc(COc3cccnc3)cc2c1. The maximum atomic E-state index is 13.0. The number of ether oxygens (including phenoxy) is 1. The molecule has 0 amide bonds. The molecule has 3 rings (SSSR count). The van der Waals surface area contributed by atoms with Crippen molar-refractivity contribution in [1.82, 2.24) is 4.98 Å². The summed E-state index contributed by atoms with van der Waals surface area (Å²) in [5.74, 6) is 1.05. The molecule has 0 atom stereocenters. The number of halogens is 1. The second-order valence-electron chi connectivity index (χ2n) is 3.87. The van der Waals surface area contributed by atoms with E-state index in [0.29, 0.717) is 23.7 Å². The Labute approximate surface area is 103 Å². The number of hydrogen-bond donors (Lipinski definition) is 0. The van der Waals surface area contributed by atoms with Gasteiger partial charge in [0.05, 0.1) is 6.20 Å². The average Bonchev–Trinajstić information content (AvgIpc) is 2.79. The van der Waals surface area contributed by atoms with Crippen LogP contribution in [0.4, 0.5) is 4.39 Å². The van der Waals surface area contributed by atoms with Gasteiger partial charge in [-0.2, -0.15) is 0 Å². The number of rotatable bonds is 3. The van der Waals surface area contributed by atoms with E-state index in [1.807, 2.05) is 6.07 Å². The summed E-state index contributed by atoms with van der Waals surface area (Å²) in [5.41, 5.74) is 0.654. The summed E-state index contributed by atoms with van der Waals surface area (Å²) in [4.78, 5) is 3.95. The maximum absolute atomic E-state index is 13.0. The van der Waals surface area contributed by atoms with Gasteiger partial charge in [0.1, 0.15) is 29.5 Å². The Morgan fingerprint density at radius 1 is 1.22 bits per heavy atom. The summed E-state index contributed by atoms with van der Waals surface area (Å²) < 4.78 is 24.1. The summed E-state index contributed by atoms with van der Waals surface area (Å²) >= 11 is 0. The molecule has 0 N–H and O–H groups in total. The van der Waals surface area contributed by atoms with Gasteiger partial charge in [-0.15, -0.1) is 0 Å². The number of fused-ring (bicyclic) bond motifs is 1. The van der Waals surface area contributed by atoms with Crippen molar-refractivity contribution >= 4 is 11.0 Å². The van der Waals surface area contributed by atoms with Crippen LogP contribution in [-0.2, 0) is 6.61 Å². The first-order chi connectivity index (χ1) is 8.81. The maximum Gasteiger partial charge on any atom is 0.146 e. The van der Waals surface area contributed by atoms with Gasteiger partial charge in [0.2, 0.25) is 0 Å². The fourth-order valence-electron chi connectivity index (χ4n) is 1.73. The standard InChI is InChI=1S/C14H10FNO2/c15-11-3-4-14-10(6-11)7-13(18-14)9-17-12-2-1-5-16-8-12/h1-8H,9H2. The van der Waals surface area contributed by atoms with Crippen LogP contribution in [-0.4, -0.2) is 4.98 Å². The number of nitrogens with zero attached hydrogens (tertiary/aromatic N) is 1. The van der Waals surface area contributed by atoms with Gasteiger partial charge < -0.3 is 9.15 Å². The van der Waals surface area contributed by atoms with Crippen LogP contribution >= 0.6 is 0 Å². The summed E-state index contributed by atoms with van der Waals surface area (Å²) in [5, 5.41) is 0.736. The van der Waals surface area contributed by atoms with E-state index >= 15 is 0 Å². The highest BCUT2D eigenvalue weighted by molar-refractivity contribution is 5.77. The van der Waals surface area contributed by atoms with Crippen molar-refractivity contribution < 1.29 is 13.5 Å². The predicted octanol–water partition coefficient (Wildman–Crippen LogP) is 3.55. The van der Waals surface area contributed by atoms with Gasteiger partial charge in [-0.1, -0.05) is 0 Å². The quantitative estimate of drug-likeness (QED) is 0.705. The first-order valence-electron chi connectivity index (χ1n) is 5.52. The smallest absolute Gasteiger partial charge is 0.146 e. The molecule has 90 valence electrons. The largest absolute Gasteiger partial charge is 0.484 e. The van der Waals surface area contributed by atoms with Gasteiger partial charge in [-0.05, 0) is 36.4 Å². The molecule has 0 aliphatic carbocycles. The molecule has 3 aromatic rings. The summed E-state index contributed by atoms with van der Waals surface area (Å²) in [6.07, 6.45) is 3.30. The minimum atomic E-state index is -0.275. The van der Waals surface area contributed by atoms with Crippen LogP contribution in [0.15, 0.2) is 53.2 Å². The van der Waals surface area contributed by atoms with Gasteiger partial charge in [-0.25, -0.2) is 4.39 Å². The lowest BCUT2D eigenvalue weighted by Crippen LogP contribution is -1.93. The summed E-state index contributed by atoms with van der Waals surface area (Å²) in [6, 6.07) is 9.80. The fourth-order valence-corrected chi connectivity index (χ4v) is 1.73. The van der Waals surface area contributed by atoms with Crippen molar-refractivity contribution in [2.75, 3.05) is 0 Å². The van der Waals surface area contributed by atoms with E-state index in [4.69, 9.17) is 9.15 Å². The van der Waals surface area contributed by atoms with E-state index in [1.54, 1.807) is 30.6 Å². The van der Waals surface area contributed by atoms with Gasteiger partial charge >= 0.3 is 0 Å². The summed E-state index contributed by atoms with van der Waals surface area (Å²) in [7, 11) is 0. The van der Waals surface area contributed by atoms with E-state index in [-0.39, 0.29) is 5.82 Å². The van der Waals surface area contributed by atoms with E-state index in [9.17, 15) is 4.39 Å². The van der Waals surface area contributed by atoms with Crippen molar-refractivity contribution in [2.45, 2.75) is 6.61 Å². The Kier molecular flexibility index (Phi) is 2.68. The van der Waals surface area contributed by atoms with Crippen molar-refractivity contribution in [3.8, 4) is 5.75 Å². The van der Waals surface area contributed by atoms with Crippen LogP contribution in [0.25, 0.3) is 11.0 Å². The molecule has 2 heterocycles. The molecule has 3 nitrogen and oxygen atoms in total. The molecule has 0 radical (unpaired) electrons. The van der Waals surface area contributed by atoms with Crippen molar-refractivity contribution in [3.63, 3.8) is 0 Å². The number of benzene rings is 1. The molecule has 0 saturated carbocycles. The highest BCUT2D eigenvalue weighted by Gasteiger charge is 2.05. The second-order valence-corrected chi connectivity index (χ2v) is 3.87. The molecule has 18 heavy (non-hydrogen) atoms. The monoisotopic (exact) mass is 243 g/mol. The highest BCUT2D eigenvalue weighted by atomic mass is 19.1. The predicted molar refractivity (Wildman–Crippen MR) is 64.7 cm³/mol. The third-order valence-corrected chi connectivity index (χ3v) is 2.54. The molecule has 4 heteroatoms. The van der Waals surface area contributed by atoms with E-state index in [0.717, 1.165) is 5.39 Å². The number of aromatic nitrogens is 1. The van der Waals surface area contributed by atoms with E-state index in [1.165, 1.54) is 12.1 Å². The molecule has 0 aliphatic heterocycles. The van der Waals surface area contributed by atoms with Crippen molar-refractivity contribution in [3.05, 3.63) is 60.4 Å². The fraction of sp³-hybridized carbons (Fsp3) is 0.0714. The number of furan rings is 1. The number of pyridine rings is 1. The molecule has 1 aromatic carbocycles. The first kappa shape index (κ1) is 10.8. The van der Waals surface area contributed by atoms with Gasteiger partial charge in [0.15, 0.2) is 0 Å². The minimum Gasteiger partial charge on any atom is -0.484 e.